The lowest BCUT2D eigenvalue weighted by Crippen LogP contribution is -2.34. The molecule has 2 aromatic rings. The van der Waals surface area contributed by atoms with E-state index < -0.39 is 6.10 Å². The molecule has 0 unspecified atom stereocenters. The molecule has 1 aliphatic heterocycles. The van der Waals surface area contributed by atoms with E-state index in [2.05, 4.69) is 11.4 Å². The number of amides is 2. The van der Waals surface area contributed by atoms with Gasteiger partial charge in [-0.15, -0.1) is 0 Å². The molecule has 0 aliphatic carbocycles. The molecule has 3 rings (SSSR count). The Morgan fingerprint density at radius 3 is 2.36 bits per heavy atom. The van der Waals surface area contributed by atoms with Crippen LogP contribution >= 0.6 is 0 Å². The SMILES string of the molecule is CC[C@H](Oc1cc(C)cc(C)c1)C(=O)Nc1ccccc1C(=O)N1CCCC1. The molecule has 1 heterocycles. The Bertz CT molecular complexity index is 836. The zero-order chi connectivity index (χ0) is 20.1. The van der Waals surface area contributed by atoms with Crippen molar-refractivity contribution in [1.29, 1.82) is 0 Å². The molecule has 28 heavy (non-hydrogen) atoms. The van der Waals surface area contributed by atoms with E-state index in [1.807, 2.05) is 49.9 Å². The Hall–Kier alpha value is -2.82. The summed E-state index contributed by atoms with van der Waals surface area (Å²) < 4.78 is 5.95. The van der Waals surface area contributed by atoms with Crippen molar-refractivity contribution in [3.05, 3.63) is 59.2 Å². The summed E-state index contributed by atoms with van der Waals surface area (Å²) in [5.74, 6) is 0.404. The molecule has 1 aliphatic rings. The fraction of sp³-hybridized carbons (Fsp3) is 0.391. The van der Waals surface area contributed by atoms with E-state index in [1.54, 1.807) is 12.1 Å². The van der Waals surface area contributed by atoms with Crippen LogP contribution in [0.1, 0.15) is 47.7 Å². The van der Waals surface area contributed by atoms with E-state index in [0.29, 0.717) is 23.4 Å². The molecule has 5 heteroatoms. The van der Waals surface area contributed by atoms with Gasteiger partial charge in [-0.3, -0.25) is 9.59 Å². The van der Waals surface area contributed by atoms with Crippen LogP contribution in [0.5, 0.6) is 5.75 Å². The van der Waals surface area contributed by atoms with Crippen molar-refractivity contribution < 1.29 is 14.3 Å². The Kier molecular flexibility index (Phi) is 6.34. The van der Waals surface area contributed by atoms with Gasteiger partial charge in [0.2, 0.25) is 0 Å². The van der Waals surface area contributed by atoms with Crippen LogP contribution < -0.4 is 10.1 Å². The van der Waals surface area contributed by atoms with Crippen LogP contribution in [-0.2, 0) is 4.79 Å². The normalized spacial score (nSPS) is 14.6. The average Bonchev–Trinajstić information content (AvgIpc) is 3.20. The number of hydrogen-bond acceptors (Lipinski definition) is 3. The van der Waals surface area contributed by atoms with Crippen LogP contribution in [-0.4, -0.2) is 35.9 Å². The van der Waals surface area contributed by atoms with Crippen LogP contribution in [0.15, 0.2) is 42.5 Å². The van der Waals surface area contributed by atoms with E-state index in [-0.39, 0.29) is 11.8 Å². The highest BCUT2D eigenvalue weighted by Gasteiger charge is 2.24. The molecular weight excluding hydrogens is 352 g/mol. The molecule has 0 spiro atoms. The molecule has 5 nitrogen and oxygen atoms in total. The monoisotopic (exact) mass is 380 g/mol. The standard InChI is InChI=1S/C23H28N2O3/c1-4-21(28-18-14-16(2)13-17(3)15-18)22(26)24-20-10-6-5-9-19(20)23(27)25-11-7-8-12-25/h5-6,9-10,13-15,21H,4,7-8,11-12H2,1-3H3,(H,24,26)/t21-/m0/s1. The lowest BCUT2D eigenvalue weighted by molar-refractivity contribution is -0.122. The van der Waals surface area contributed by atoms with E-state index in [4.69, 9.17) is 4.74 Å². The zero-order valence-corrected chi connectivity index (χ0v) is 16.8. The highest BCUT2D eigenvalue weighted by molar-refractivity contribution is 6.04. The maximum atomic E-state index is 12.9. The number of ether oxygens (including phenoxy) is 1. The first-order valence-corrected chi connectivity index (χ1v) is 9.92. The first-order chi connectivity index (χ1) is 13.5. The summed E-state index contributed by atoms with van der Waals surface area (Å²) >= 11 is 0. The second-order valence-corrected chi connectivity index (χ2v) is 7.37. The number of nitrogens with zero attached hydrogens (tertiary/aromatic N) is 1. The Morgan fingerprint density at radius 1 is 1.07 bits per heavy atom. The van der Waals surface area contributed by atoms with Gasteiger partial charge in [0.15, 0.2) is 6.10 Å². The average molecular weight is 380 g/mol. The van der Waals surface area contributed by atoms with Crippen molar-refractivity contribution in [2.75, 3.05) is 18.4 Å². The molecule has 0 radical (unpaired) electrons. The highest BCUT2D eigenvalue weighted by Crippen LogP contribution is 2.22. The molecule has 0 aromatic heterocycles. The number of anilines is 1. The summed E-state index contributed by atoms with van der Waals surface area (Å²) in [6.07, 6.45) is 1.96. The minimum absolute atomic E-state index is 0.0309. The third kappa shape index (κ3) is 4.71. The number of hydrogen-bond donors (Lipinski definition) is 1. The number of carbonyl (C=O) groups excluding carboxylic acids is 2. The van der Waals surface area contributed by atoms with Crippen LogP contribution in [0.3, 0.4) is 0 Å². The van der Waals surface area contributed by atoms with Gasteiger partial charge >= 0.3 is 0 Å². The summed E-state index contributed by atoms with van der Waals surface area (Å²) in [6.45, 7) is 7.46. The number of carbonyl (C=O) groups is 2. The van der Waals surface area contributed by atoms with Gasteiger partial charge in [-0.1, -0.05) is 25.1 Å². The summed E-state index contributed by atoms with van der Waals surface area (Å²) in [4.78, 5) is 27.5. The second kappa shape index (κ2) is 8.91. The molecule has 148 valence electrons. The van der Waals surface area contributed by atoms with E-state index in [1.165, 1.54) is 0 Å². The van der Waals surface area contributed by atoms with Gasteiger partial charge in [-0.2, -0.15) is 0 Å². The quantitative estimate of drug-likeness (QED) is 0.811. The number of aryl methyl sites for hydroxylation is 2. The van der Waals surface area contributed by atoms with Crippen molar-refractivity contribution in [3.63, 3.8) is 0 Å². The predicted octanol–water partition coefficient (Wildman–Crippen LogP) is 4.34. The third-order valence-electron chi connectivity index (χ3n) is 4.95. The number of nitrogens with one attached hydrogen (secondary N) is 1. The van der Waals surface area contributed by atoms with Crippen molar-refractivity contribution in [3.8, 4) is 5.75 Å². The van der Waals surface area contributed by atoms with Gasteiger partial charge in [0, 0.05) is 13.1 Å². The molecule has 1 atom stereocenters. The fourth-order valence-electron chi connectivity index (χ4n) is 3.57. The van der Waals surface area contributed by atoms with Gasteiger partial charge in [0.25, 0.3) is 11.8 Å². The van der Waals surface area contributed by atoms with Gasteiger partial charge in [0.05, 0.1) is 11.3 Å². The zero-order valence-electron chi connectivity index (χ0n) is 16.8. The molecular formula is C23H28N2O3. The van der Waals surface area contributed by atoms with Crippen LogP contribution in [0.4, 0.5) is 5.69 Å². The Labute approximate surface area is 166 Å². The third-order valence-corrected chi connectivity index (χ3v) is 4.95. The second-order valence-electron chi connectivity index (χ2n) is 7.37. The largest absolute Gasteiger partial charge is 0.481 e. The van der Waals surface area contributed by atoms with Crippen molar-refractivity contribution in [1.82, 2.24) is 4.90 Å². The molecule has 1 saturated heterocycles. The molecule has 1 fully saturated rings. The molecule has 0 saturated carbocycles. The molecule has 0 bridgehead atoms. The van der Waals surface area contributed by atoms with Gasteiger partial charge in [0.1, 0.15) is 5.75 Å². The summed E-state index contributed by atoms with van der Waals surface area (Å²) in [5, 5.41) is 2.90. The van der Waals surface area contributed by atoms with Gasteiger partial charge < -0.3 is 15.0 Å². The van der Waals surface area contributed by atoms with Gasteiger partial charge in [-0.05, 0) is 68.5 Å². The van der Waals surface area contributed by atoms with E-state index in [0.717, 1.165) is 37.1 Å². The maximum Gasteiger partial charge on any atom is 0.265 e. The lowest BCUT2D eigenvalue weighted by atomic mass is 10.1. The minimum Gasteiger partial charge on any atom is -0.481 e. The minimum atomic E-state index is -0.629. The molecule has 1 N–H and O–H groups in total. The molecule has 2 amide bonds. The van der Waals surface area contributed by atoms with E-state index >= 15 is 0 Å². The summed E-state index contributed by atoms with van der Waals surface area (Å²) in [7, 11) is 0. The predicted molar refractivity (Wildman–Crippen MR) is 111 cm³/mol. The van der Waals surface area contributed by atoms with Gasteiger partial charge in [-0.25, -0.2) is 0 Å². The maximum absolute atomic E-state index is 12.9. The van der Waals surface area contributed by atoms with Crippen LogP contribution in [0.25, 0.3) is 0 Å². The molecule has 2 aromatic carbocycles. The smallest absolute Gasteiger partial charge is 0.265 e. The topological polar surface area (TPSA) is 58.6 Å². The van der Waals surface area contributed by atoms with Crippen LogP contribution in [0.2, 0.25) is 0 Å². The number of rotatable bonds is 6. The highest BCUT2D eigenvalue weighted by atomic mass is 16.5. The Balaban J connectivity index is 1.75. The van der Waals surface area contributed by atoms with Crippen LogP contribution in [0, 0.1) is 13.8 Å². The number of likely N-dealkylation sites (tertiary alicyclic amines) is 1. The summed E-state index contributed by atoms with van der Waals surface area (Å²) in [6, 6.07) is 13.1. The first-order valence-electron chi connectivity index (χ1n) is 9.92. The summed E-state index contributed by atoms with van der Waals surface area (Å²) in [5.41, 5.74) is 3.24. The Morgan fingerprint density at radius 2 is 1.71 bits per heavy atom. The fourth-order valence-corrected chi connectivity index (χ4v) is 3.57. The number of para-hydroxylation sites is 1. The lowest BCUT2D eigenvalue weighted by Gasteiger charge is -2.21. The van der Waals surface area contributed by atoms with Crippen molar-refractivity contribution in [2.45, 2.75) is 46.1 Å². The number of benzene rings is 2. The van der Waals surface area contributed by atoms with Crippen molar-refractivity contribution >= 4 is 17.5 Å². The van der Waals surface area contributed by atoms with Crippen molar-refractivity contribution in [2.24, 2.45) is 0 Å². The van der Waals surface area contributed by atoms with E-state index in [9.17, 15) is 9.59 Å². The first kappa shape index (κ1) is 19.9.